The molecule has 134 valence electrons. The molecule has 26 heavy (non-hydrogen) atoms. The van der Waals surface area contributed by atoms with E-state index in [0.29, 0.717) is 12.1 Å². The number of para-hydroxylation sites is 1. The minimum atomic E-state index is -1.26. The minimum absolute atomic E-state index is 0.00354. The Kier molecular flexibility index (Phi) is 4.00. The molecule has 0 saturated heterocycles. The second-order valence-electron chi connectivity index (χ2n) is 7.02. The number of benzene rings is 2. The zero-order chi connectivity index (χ0) is 18.3. The molecule has 0 spiro atoms. The van der Waals surface area contributed by atoms with Crippen LogP contribution in [0.3, 0.4) is 0 Å². The lowest BCUT2D eigenvalue weighted by atomic mass is 10.0. The third kappa shape index (κ3) is 2.57. The van der Waals surface area contributed by atoms with Crippen LogP contribution in [0.2, 0.25) is 0 Å². The fourth-order valence-electron chi connectivity index (χ4n) is 4.10. The Morgan fingerprint density at radius 3 is 2.77 bits per heavy atom. The van der Waals surface area contributed by atoms with E-state index in [1.807, 2.05) is 16.7 Å². The van der Waals surface area contributed by atoms with Gasteiger partial charge in [-0.05, 0) is 31.4 Å². The number of hydrogen-bond donors (Lipinski definition) is 1. The first-order valence-electron chi connectivity index (χ1n) is 8.95. The van der Waals surface area contributed by atoms with Gasteiger partial charge in [-0.3, -0.25) is 10.1 Å². The average Bonchev–Trinajstić information content (AvgIpc) is 2.97. The highest BCUT2D eigenvalue weighted by molar-refractivity contribution is 5.96. The predicted molar refractivity (Wildman–Crippen MR) is 99.5 cm³/mol. The van der Waals surface area contributed by atoms with Crippen molar-refractivity contribution in [2.75, 3.05) is 18.0 Å². The first kappa shape index (κ1) is 16.7. The summed E-state index contributed by atoms with van der Waals surface area (Å²) in [5, 5.41) is 22.8. The van der Waals surface area contributed by atoms with E-state index in [4.69, 9.17) is 0 Å². The van der Waals surface area contributed by atoms with Crippen LogP contribution in [-0.2, 0) is 5.72 Å². The molecule has 6 nitrogen and oxygen atoms in total. The number of nitrogens with zero attached hydrogens (tertiary/aromatic N) is 3. The molecule has 2 aliphatic rings. The average molecular weight is 352 g/mol. The van der Waals surface area contributed by atoms with Crippen molar-refractivity contribution in [1.29, 1.82) is 0 Å². The Morgan fingerprint density at radius 2 is 2.00 bits per heavy atom. The second-order valence-corrected chi connectivity index (χ2v) is 7.02. The first-order chi connectivity index (χ1) is 12.5. The largest absolute Gasteiger partial charge is 0.346 e. The van der Waals surface area contributed by atoms with E-state index < -0.39 is 10.6 Å². The van der Waals surface area contributed by atoms with Crippen LogP contribution in [0.15, 0.2) is 48.5 Å². The summed E-state index contributed by atoms with van der Waals surface area (Å²) in [6, 6.07) is 14.5. The Hall–Kier alpha value is -2.73. The lowest BCUT2D eigenvalue weighted by molar-refractivity contribution is -0.661. The van der Waals surface area contributed by atoms with Crippen molar-refractivity contribution in [2.45, 2.75) is 31.9 Å². The van der Waals surface area contributed by atoms with Gasteiger partial charge in [0.15, 0.2) is 6.54 Å². The van der Waals surface area contributed by atoms with Gasteiger partial charge in [-0.2, -0.15) is 0 Å². The van der Waals surface area contributed by atoms with Crippen molar-refractivity contribution in [1.82, 2.24) is 0 Å². The SMILES string of the molecule is Cc1ccccc1N1C[C@@](O)(c2cccc([N+](=O)[O-])c2)[N+]2=C1CCCC2. The molecule has 6 heteroatoms. The summed E-state index contributed by atoms with van der Waals surface area (Å²) in [5.74, 6) is 1.10. The molecule has 2 aromatic rings. The van der Waals surface area contributed by atoms with Crippen LogP contribution < -0.4 is 4.90 Å². The zero-order valence-electron chi connectivity index (χ0n) is 14.8. The fourth-order valence-corrected chi connectivity index (χ4v) is 4.10. The number of nitro benzene ring substituents is 1. The third-order valence-corrected chi connectivity index (χ3v) is 5.41. The number of aryl methyl sites for hydroxylation is 1. The van der Waals surface area contributed by atoms with Gasteiger partial charge in [-0.25, -0.2) is 9.48 Å². The number of β-amino-alcohol motifs (C(OH)–C–C–N with tert-alkyl or cyclic N) is 1. The van der Waals surface area contributed by atoms with Crippen LogP contribution in [-0.4, -0.2) is 33.5 Å². The van der Waals surface area contributed by atoms with Crippen molar-refractivity contribution in [3.63, 3.8) is 0 Å². The van der Waals surface area contributed by atoms with Crippen LogP contribution in [0, 0.1) is 17.0 Å². The van der Waals surface area contributed by atoms with Gasteiger partial charge in [-0.15, -0.1) is 0 Å². The smallest absolute Gasteiger partial charge is 0.271 e. The summed E-state index contributed by atoms with van der Waals surface area (Å²) in [7, 11) is 0. The Labute approximate surface area is 152 Å². The van der Waals surface area contributed by atoms with Gasteiger partial charge in [0.25, 0.3) is 17.2 Å². The number of anilines is 1. The van der Waals surface area contributed by atoms with E-state index in [-0.39, 0.29) is 5.69 Å². The van der Waals surface area contributed by atoms with Crippen molar-refractivity contribution >= 4 is 17.2 Å². The molecule has 2 aromatic carbocycles. The summed E-state index contributed by atoms with van der Waals surface area (Å²) >= 11 is 0. The molecule has 0 aliphatic carbocycles. The maximum Gasteiger partial charge on any atom is 0.271 e. The maximum atomic E-state index is 11.6. The van der Waals surface area contributed by atoms with Gasteiger partial charge in [0.2, 0.25) is 0 Å². The van der Waals surface area contributed by atoms with Gasteiger partial charge >= 0.3 is 0 Å². The molecule has 0 unspecified atom stereocenters. The number of rotatable bonds is 3. The van der Waals surface area contributed by atoms with Crippen molar-refractivity contribution in [3.8, 4) is 0 Å². The fraction of sp³-hybridized carbons (Fsp3) is 0.350. The highest BCUT2D eigenvalue weighted by Crippen LogP contribution is 2.37. The highest BCUT2D eigenvalue weighted by Gasteiger charge is 2.53. The lowest BCUT2D eigenvalue weighted by Crippen LogP contribution is -2.41. The van der Waals surface area contributed by atoms with Crippen LogP contribution in [0.4, 0.5) is 11.4 Å². The van der Waals surface area contributed by atoms with Crippen LogP contribution in [0.5, 0.6) is 0 Å². The molecule has 0 saturated carbocycles. The van der Waals surface area contributed by atoms with E-state index in [2.05, 4.69) is 24.0 Å². The Morgan fingerprint density at radius 1 is 1.19 bits per heavy atom. The van der Waals surface area contributed by atoms with Gasteiger partial charge in [0, 0.05) is 24.1 Å². The zero-order valence-corrected chi connectivity index (χ0v) is 14.8. The molecule has 0 amide bonds. The van der Waals surface area contributed by atoms with Gasteiger partial charge < -0.3 is 5.11 Å². The summed E-state index contributed by atoms with van der Waals surface area (Å²) in [4.78, 5) is 12.9. The Bertz CT molecular complexity index is 909. The first-order valence-corrected chi connectivity index (χ1v) is 8.95. The number of nitro groups is 1. The van der Waals surface area contributed by atoms with Gasteiger partial charge in [0.05, 0.1) is 11.5 Å². The molecule has 0 fully saturated rings. The summed E-state index contributed by atoms with van der Waals surface area (Å²) in [6.45, 7) is 3.18. The second kappa shape index (κ2) is 6.21. The number of hydrogen-bond acceptors (Lipinski definition) is 4. The van der Waals surface area contributed by atoms with E-state index >= 15 is 0 Å². The molecule has 2 heterocycles. The summed E-state index contributed by atoms with van der Waals surface area (Å²) < 4.78 is 2.03. The topological polar surface area (TPSA) is 69.6 Å². The maximum absolute atomic E-state index is 11.6. The normalized spacial score (nSPS) is 22.5. The molecule has 0 bridgehead atoms. The van der Waals surface area contributed by atoms with Crippen molar-refractivity contribution in [2.24, 2.45) is 0 Å². The van der Waals surface area contributed by atoms with E-state index in [9.17, 15) is 15.2 Å². The molecular formula is C20H22N3O3+. The van der Waals surface area contributed by atoms with Gasteiger partial charge in [-0.1, -0.05) is 30.3 Å². The predicted octanol–water partition coefficient (Wildman–Crippen LogP) is 3.16. The summed E-state index contributed by atoms with van der Waals surface area (Å²) in [6.07, 6.45) is 2.98. The lowest BCUT2D eigenvalue weighted by Gasteiger charge is -2.24. The highest BCUT2D eigenvalue weighted by atomic mass is 16.6. The third-order valence-electron chi connectivity index (χ3n) is 5.41. The molecule has 1 N–H and O–H groups in total. The molecule has 2 aliphatic heterocycles. The number of aliphatic hydroxyl groups is 1. The van der Waals surface area contributed by atoms with Crippen LogP contribution in [0.25, 0.3) is 0 Å². The van der Waals surface area contributed by atoms with Crippen molar-refractivity contribution in [3.05, 3.63) is 69.8 Å². The van der Waals surface area contributed by atoms with Crippen LogP contribution in [0.1, 0.15) is 30.4 Å². The van der Waals surface area contributed by atoms with E-state index in [1.165, 1.54) is 12.1 Å². The minimum Gasteiger partial charge on any atom is -0.346 e. The van der Waals surface area contributed by atoms with Crippen molar-refractivity contribution < 1.29 is 14.6 Å². The molecular weight excluding hydrogens is 330 g/mol. The van der Waals surface area contributed by atoms with Crippen LogP contribution >= 0.6 is 0 Å². The summed E-state index contributed by atoms with van der Waals surface area (Å²) in [5.41, 5.74) is 1.54. The molecule has 0 radical (unpaired) electrons. The van der Waals surface area contributed by atoms with E-state index in [0.717, 1.165) is 42.9 Å². The standard InChI is InChI=1S/C20H22N3O3/c1-15-7-2-3-10-18(15)21-14-20(24,22-12-5-4-11-19(21)22)16-8-6-9-17(13-16)23(25)26/h2-3,6-10,13,24H,4-5,11-12,14H2,1H3/q+1/t20-/m1/s1. The Balaban J connectivity index is 1.83. The number of non-ortho nitro benzene ring substituents is 1. The number of amidine groups is 1. The monoisotopic (exact) mass is 352 g/mol. The van der Waals surface area contributed by atoms with Gasteiger partial charge in [0.1, 0.15) is 5.69 Å². The quantitative estimate of drug-likeness (QED) is 0.523. The molecule has 1 atom stereocenters. The van der Waals surface area contributed by atoms with E-state index in [1.54, 1.807) is 12.1 Å². The molecule has 4 rings (SSSR count). The molecule has 0 aromatic heterocycles.